The lowest BCUT2D eigenvalue weighted by atomic mass is 10.0. The molecule has 1 N–H and O–H groups in total. The van der Waals surface area contributed by atoms with E-state index in [0.29, 0.717) is 0 Å². The summed E-state index contributed by atoms with van der Waals surface area (Å²) in [5.41, 5.74) is 7.55. The van der Waals surface area contributed by atoms with Crippen molar-refractivity contribution in [3.8, 4) is 0 Å². The molecule has 0 atom stereocenters. The zero-order chi connectivity index (χ0) is 12.4. The van der Waals surface area contributed by atoms with Crippen LogP contribution in [0, 0.1) is 27.7 Å². The molecule has 0 amide bonds. The van der Waals surface area contributed by atoms with Crippen LogP contribution >= 0.6 is 0 Å². The Morgan fingerprint density at radius 2 is 1.24 bits per heavy atom. The number of benzene rings is 2. The maximum absolute atomic E-state index is 3.49. The zero-order valence-corrected chi connectivity index (χ0v) is 11.0. The van der Waals surface area contributed by atoms with Gasteiger partial charge in [0.15, 0.2) is 0 Å². The molecule has 0 radical (unpaired) electrons. The quantitative estimate of drug-likeness (QED) is 0.783. The van der Waals surface area contributed by atoms with Gasteiger partial charge in [-0.25, -0.2) is 0 Å². The molecule has 0 saturated carbocycles. The number of anilines is 2. The normalized spacial score (nSPS) is 10.4. The number of hydrogen-bond donors (Lipinski definition) is 1. The summed E-state index contributed by atoms with van der Waals surface area (Å²) >= 11 is 0. The van der Waals surface area contributed by atoms with Gasteiger partial charge in [-0.1, -0.05) is 35.4 Å². The fourth-order valence-corrected chi connectivity index (χ4v) is 2.16. The molecular formula is C16H19N. The minimum atomic E-state index is 1.14. The second-order valence-electron chi connectivity index (χ2n) is 4.76. The van der Waals surface area contributed by atoms with E-state index in [1.807, 2.05) is 0 Å². The van der Waals surface area contributed by atoms with Crippen molar-refractivity contribution in [2.45, 2.75) is 27.7 Å². The molecule has 0 aliphatic rings. The van der Waals surface area contributed by atoms with E-state index >= 15 is 0 Å². The summed E-state index contributed by atoms with van der Waals surface area (Å²) in [6, 6.07) is 12.9. The summed E-state index contributed by atoms with van der Waals surface area (Å²) in [5.74, 6) is 0. The van der Waals surface area contributed by atoms with Crippen LogP contribution in [0.15, 0.2) is 36.4 Å². The Hall–Kier alpha value is -1.76. The van der Waals surface area contributed by atoms with E-state index in [9.17, 15) is 0 Å². The van der Waals surface area contributed by atoms with Crippen molar-refractivity contribution in [2.75, 3.05) is 5.32 Å². The summed E-state index contributed by atoms with van der Waals surface area (Å²) in [6.45, 7) is 8.54. The van der Waals surface area contributed by atoms with Crippen molar-refractivity contribution in [2.24, 2.45) is 0 Å². The first-order valence-electron chi connectivity index (χ1n) is 5.98. The van der Waals surface area contributed by atoms with Crippen LogP contribution in [-0.2, 0) is 0 Å². The maximum atomic E-state index is 3.49. The molecule has 0 heterocycles. The molecule has 0 aromatic heterocycles. The third kappa shape index (κ3) is 2.68. The second-order valence-corrected chi connectivity index (χ2v) is 4.76. The van der Waals surface area contributed by atoms with Gasteiger partial charge < -0.3 is 5.32 Å². The third-order valence-corrected chi connectivity index (χ3v) is 3.00. The summed E-state index contributed by atoms with van der Waals surface area (Å²) in [4.78, 5) is 0. The molecule has 0 bridgehead atoms. The number of aryl methyl sites for hydroxylation is 4. The van der Waals surface area contributed by atoms with Crippen molar-refractivity contribution >= 4 is 11.4 Å². The van der Waals surface area contributed by atoms with E-state index in [1.54, 1.807) is 0 Å². The molecule has 88 valence electrons. The highest BCUT2D eigenvalue weighted by Crippen LogP contribution is 2.25. The van der Waals surface area contributed by atoms with Crippen molar-refractivity contribution in [1.82, 2.24) is 0 Å². The molecule has 1 heteroatoms. The molecule has 17 heavy (non-hydrogen) atoms. The van der Waals surface area contributed by atoms with Crippen molar-refractivity contribution < 1.29 is 0 Å². The molecule has 2 aromatic carbocycles. The van der Waals surface area contributed by atoms with Crippen molar-refractivity contribution in [3.63, 3.8) is 0 Å². The summed E-state index contributed by atoms with van der Waals surface area (Å²) in [6.07, 6.45) is 0. The van der Waals surface area contributed by atoms with Crippen LogP contribution in [-0.4, -0.2) is 0 Å². The van der Waals surface area contributed by atoms with Crippen LogP contribution in [0.2, 0.25) is 0 Å². The Labute approximate surface area is 103 Å². The van der Waals surface area contributed by atoms with E-state index < -0.39 is 0 Å². The lowest BCUT2D eigenvalue weighted by Gasteiger charge is -2.14. The summed E-state index contributed by atoms with van der Waals surface area (Å²) in [5, 5.41) is 3.49. The van der Waals surface area contributed by atoms with Gasteiger partial charge in [0.05, 0.1) is 0 Å². The molecule has 0 fully saturated rings. The smallest absolute Gasteiger partial charge is 0.0443 e. The third-order valence-electron chi connectivity index (χ3n) is 3.00. The van der Waals surface area contributed by atoms with Crippen molar-refractivity contribution in [1.29, 1.82) is 0 Å². The summed E-state index contributed by atoms with van der Waals surface area (Å²) < 4.78 is 0. The Kier molecular flexibility index (Phi) is 3.19. The fourth-order valence-electron chi connectivity index (χ4n) is 2.16. The van der Waals surface area contributed by atoms with Gasteiger partial charge in [0.2, 0.25) is 0 Å². The molecule has 2 rings (SSSR count). The van der Waals surface area contributed by atoms with Crippen LogP contribution in [0.3, 0.4) is 0 Å². The number of hydrogen-bond acceptors (Lipinski definition) is 1. The van der Waals surface area contributed by atoms with Gasteiger partial charge in [-0.05, 0) is 51.0 Å². The topological polar surface area (TPSA) is 12.0 Å². The average Bonchev–Trinajstić information content (AvgIpc) is 2.26. The Morgan fingerprint density at radius 1 is 0.706 bits per heavy atom. The van der Waals surface area contributed by atoms with Crippen LogP contribution in [0.1, 0.15) is 22.3 Å². The van der Waals surface area contributed by atoms with Crippen LogP contribution in [0.4, 0.5) is 11.4 Å². The van der Waals surface area contributed by atoms with Gasteiger partial charge in [-0.3, -0.25) is 0 Å². The molecule has 0 spiro atoms. The predicted molar refractivity (Wildman–Crippen MR) is 75.1 cm³/mol. The Morgan fingerprint density at radius 3 is 1.76 bits per heavy atom. The first kappa shape index (κ1) is 11.7. The van der Waals surface area contributed by atoms with Gasteiger partial charge in [0, 0.05) is 11.4 Å². The van der Waals surface area contributed by atoms with Crippen LogP contribution in [0.5, 0.6) is 0 Å². The standard InChI is InChI=1S/C16H19N/c1-11-5-7-15(8-6-11)17-16-13(3)9-12(2)10-14(16)4/h5-10,17H,1-4H3. The fraction of sp³-hybridized carbons (Fsp3) is 0.250. The zero-order valence-electron chi connectivity index (χ0n) is 11.0. The number of rotatable bonds is 2. The molecule has 0 aliphatic heterocycles. The lowest BCUT2D eigenvalue weighted by molar-refractivity contribution is 1.31. The van der Waals surface area contributed by atoms with E-state index in [0.717, 1.165) is 5.69 Å². The number of nitrogens with one attached hydrogen (secondary N) is 1. The Bertz CT molecular complexity index is 501. The van der Waals surface area contributed by atoms with Gasteiger partial charge >= 0.3 is 0 Å². The minimum absolute atomic E-state index is 1.14. The minimum Gasteiger partial charge on any atom is -0.355 e. The van der Waals surface area contributed by atoms with E-state index in [1.165, 1.54) is 27.9 Å². The highest BCUT2D eigenvalue weighted by molar-refractivity contribution is 5.67. The van der Waals surface area contributed by atoms with E-state index in [4.69, 9.17) is 0 Å². The largest absolute Gasteiger partial charge is 0.355 e. The van der Waals surface area contributed by atoms with E-state index in [-0.39, 0.29) is 0 Å². The average molecular weight is 225 g/mol. The van der Waals surface area contributed by atoms with Gasteiger partial charge in [0.1, 0.15) is 0 Å². The first-order chi connectivity index (χ1) is 8.06. The molecule has 0 saturated heterocycles. The SMILES string of the molecule is Cc1ccc(Nc2c(C)cc(C)cc2C)cc1. The van der Waals surface area contributed by atoms with Crippen LogP contribution in [0.25, 0.3) is 0 Å². The van der Waals surface area contributed by atoms with Gasteiger partial charge in [-0.2, -0.15) is 0 Å². The monoisotopic (exact) mass is 225 g/mol. The van der Waals surface area contributed by atoms with Gasteiger partial charge in [-0.15, -0.1) is 0 Å². The summed E-state index contributed by atoms with van der Waals surface area (Å²) in [7, 11) is 0. The lowest BCUT2D eigenvalue weighted by Crippen LogP contribution is -1.96. The predicted octanol–water partition coefficient (Wildman–Crippen LogP) is 4.66. The van der Waals surface area contributed by atoms with Gasteiger partial charge in [0.25, 0.3) is 0 Å². The molecule has 2 aromatic rings. The second kappa shape index (κ2) is 4.62. The molecule has 1 nitrogen and oxygen atoms in total. The van der Waals surface area contributed by atoms with Crippen molar-refractivity contribution in [3.05, 3.63) is 58.7 Å². The van der Waals surface area contributed by atoms with E-state index in [2.05, 4.69) is 69.4 Å². The molecular weight excluding hydrogens is 206 g/mol. The maximum Gasteiger partial charge on any atom is 0.0443 e. The highest BCUT2D eigenvalue weighted by Gasteiger charge is 2.03. The Balaban J connectivity index is 2.33. The highest BCUT2D eigenvalue weighted by atomic mass is 14.9. The molecule has 0 unspecified atom stereocenters. The first-order valence-corrected chi connectivity index (χ1v) is 5.98. The molecule has 0 aliphatic carbocycles. The van der Waals surface area contributed by atoms with Crippen LogP contribution < -0.4 is 5.32 Å².